The first kappa shape index (κ1) is 15.3. The molecule has 0 bridgehead atoms. The Morgan fingerprint density at radius 2 is 1.74 bits per heavy atom. The van der Waals surface area contributed by atoms with Gasteiger partial charge >= 0.3 is 0 Å². The van der Waals surface area contributed by atoms with Crippen LogP contribution in [0.4, 0.5) is 0 Å². The van der Waals surface area contributed by atoms with Gasteiger partial charge in [0.2, 0.25) is 0 Å². The monoisotopic (exact) mass is 266 g/mol. The van der Waals surface area contributed by atoms with Gasteiger partial charge in [-0.1, -0.05) is 39.5 Å². The van der Waals surface area contributed by atoms with Crippen LogP contribution in [-0.2, 0) is 0 Å². The van der Waals surface area contributed by atoms with Crippen molar-refractivity contribution < 1.29 is 0 Å². The van der Waals surface area contributed by atoms with Crippen LogP contribution in [0.3, 0.4) is 0 Å². The number of hydrogen-bond acceptors (Lipinski definition) is 2. The third-order valence-electron chi connectivity index (χ3n) is 5.21. The first-order chi connectivity index (χ1) is 9.36. The van der Waals surface area contributed by atoms with Gasteiger partial charge in [-0.15, -0.1) is 0 Å². The van der Waals surface area contributed by atoms with E-state index in [1.54, 1.807) is 0 Å². The van der Waals surface area contributed by atoms with Gasteiger partial charge in [-0.05, 0) is 51.6 Å². The zero-order valence-corrected chi connectivity index (χ0v) is 13.2. The van der Waals surface area contributed by atoms with E-state index in [0.717, 1.165) is 18.1 Å². The van der Waals surface area contributed by atoms with Crippen molar-refractivity contribution in [2.75, 3.05) is 13.1 Å². The minimum Gasteiger partial charge on any atom is -0.312 e. The Kier molecular flexibility index (Phi) is 6.66. The van der Waals surface area contributed by atoms with Gasteiger partial charge in [-0.2, -0.15) is 0 Å². The van der Waals surface area contributed by atoms with Gasteiger partial charge in [0.05, 0.1) is 0 Å². The van der Waals surface area contributed by atoms with Gasteiger partial charge in [0.1, 0.15) is 0 Å². The summed E-state index contributed by atoms with van der Waals surface area (Å²) in [5, 5.41) is 3.86. The zero-order chi connectivity index (χ0) is 13.5. The lowest BCUT2D eigenvalue weighted by atomic mass is 9.92. The predicted molar refractivity (Wildman–Crippen MR) is 83.6 cm³/mol. The predicted octanol–water partition coefficient (Wildman–Crippen LogP) is 3.95. The number of rotatable bonds is 5. The molecule has 3 atom stereocenters. The lowest BCUT2D eigenvalue weighted by Crippen LogP contribution is -2.54. The number of piperidine rings is 1. The second-order valence-electron chi connectivity index (χ2n) is 6.56. The summed E-state index contributed by atoms with van der Waals surface area (Å²) in [4.78, 5) is 2.89. The molecule has 1 aliphatic heterocycles. The maximum Gasteiger partial charge on any atom is 0.0252 e. The quantitative estimate of drug-likeness (QED) is 0.758. The summed E-state index contributed by atoms with van der Waals surface area (Å²) >= 11 is 0. The second-order valence-corrected chi connectivity index (χ2v) is 6.56. The van der Waals surface area contributed by atoms with Crippen LogP contribution in [-0.4, -0.2) is 36.1 Å². The van der Waals surface area contributed by atoms with E-state index in [-0.39, 0.29) is 0 Å². The Balaban J connectivity index is 2.02. The van der Waals surface area contributed by atoms with E-state index in [1.165, 1.54) is 77.3 Å². The number of nitrogens with zero attached hydrogens (tertiary/aromatic N) is 1. The zero-order valence-electron chi connectivity index (χ0n) is 13.2. The molecule has 3 unspecified atom stereocenters. The van der Waals surface area contributed by atoms with E-state index < -0.39 is 0 Å². The SMILES string of the molecule is CCCNC1CCCCCC1N1CCCCC1CC. The molecule has 1 heterocycles. The first-order valence-corrected chi connectivity index (χ1v) is 8.86. The van der Waals surface area contributed by atoms with Crippen LogP contribution in [0, 0.1) is 0 Å². The average molecular weight is 266 g/mol. The molecule has 0 radical (unpaired) electrons. The average Bonchev–Trinajstić information content (AvgIpc) is 2.70. The van der Waals surface area contributed by atoms with E-state index in [2.05, 4.69) is 24.1 Å². The van der Waals surface area contributed by atoms with Crippen molar-refractivity contribution in [3.05, 3.63) is 0 Å². The van der Waals surface area contributed by atoms with Crippen molar-refractivity contribution in [3.8, 4) is 0 Å². The summed E-state index contributed by atoms with van der Waals surface area (Å²) in [6.45, 7) is 7.22. The van der Waals surface area contributed by atoms with Crippen LogP contribution in [0.15, 0.2) is 0 Å². The lowest BCUT2D eigenvalue weighted by molar-refractivity contribution is 0.0653. The highest BCUT2D eigenvalue weighted by molar-refractivity contribution is 4.91. The second kappa shape index (κ2) is 8.26. The Hall–Kier alpha value is -0.0800. The van der Waals surface area contributed by atoms with Crippen molar-refractivity contribution in [2.24, 2.45) is 0 Å². The van der Waals surface area contributed by atoms with E-state index in [1.807, 2.05) is 0 Å². The molecule has 0 amide bonds. The molecule has 2 aliphatic rings. The van der Waals surface area contributed by atoms with Crippen molar-refractivity contribution in [1.29, 1.82) is 0 Å². The van der Waals surface area contributed by atoms with Gasteiger partial charge in [-0.25, -0.2) is 0 Å². The minimum atomic E-state index is 0.759. The molecule has 112 valence electrons. The Bertz CT molecular complexity index is 241. The minimum absolute atomic E-state index is 0.759. The molecule has 1 saturated heterocycles. The van der Waals surface area contributed by atoms with Crippen LogP contribution in [0.25, 0.3) is 0 Å². The molecule has 2 heteroatoms. The maximum atomic E-state index is 3.86. The molecule has 0 aromatic heterocycles. The molecule has 1 aliphatic carbocycles. The summed E-state index contributed by atoms with van der Waals surface area (Å²) in [5.41, 5.74) is 0. The first-order valence-electron chi connectivity index (χ1n) is 8.86. The van der Waals surface area contributed by atoms with Gasteiger partial charge < -0.3 is 5.32 Å². The van der Waals surface area contributed by atoms with Crippen molar-refractivity contribution >= 4 is 0 Å². The van der Waals surface area contributed by atoms with Gasteiger partial charge in [0.15, 0.2) is 0 Å². The standard InChI is InChI=1S/C17H34N2/c1-3-13-18-16-11-6-5-7-12-17(16)19-14-9-8-10-15(19)4-2/h15-18H,3-14H2,1-2H3. The molecular formula is C17H34N2. The summed E-state index contributed by atoms with van der Waals surface area (Å²) in [7, 11) is 0. The lowest BCUT2D eigenvalue weighted by Gasteiger charge is -2.44. The smallest absolute Gasteiger partial charge is 0.0252 e. The highest BCUT2D eigenvalue weighted by Gasteiger charge is 2.33. The van der Waals surface area contributed by atoms with Gasteiger partial charge in [0.25, 0.3) is 0 Å². The largest absolute Gasteiger partial charge is 0.312 e. The number of likely N-dealkylation sites (tertiary alicyclic amines) is 1. The fraction of sp³-hybridized carbons (Fsp3) is 1.00. The molecule has 2 nitrogen and oxygen atoms in total. The summed E-state index contributed by atoms with van der Waals surface area (Å²) < 4.78 is 0. The Morgan fingerprint density at radius 3 is 2.53 bits per heavy atom. The van der Waals surface area contributed by atoms with E-state index in [0.29, 0.717) is 0 Å². The molecule has 1 saturated carbocycles. The van der Waals surface area contributed by atoms with E-state index in [9.17, 15) is 0 Å². The highest BCUT2D eigenvalue weighted by Crippen LogP contribution is 2.29. The third kappa shape index (κ3) is 4.19. The fourth-order valence-electron chi connectivity index (χ4n) is 4.15. The summed E-state index contributed by atoms with van der Waals surface area (Å²) in [6.07, 6.45) is 14.1. The summed E-state index contributed by atoms with van der Waals surface area (Å²) in [5.74, 6) is 0. The molecule has 0 spiro atoms. The van der Waals surface area contributed by atoms with Crippen LogP contribution in [0.1, 0.15) is 78.1 Å². The summed E-state index contributed by atoms with van der Waals surface area (Å²) in [6, 6.07) is 2.44. The molecule has 2 fully saturated rings. The molecule has 2 rings (SSSR count). The normalized spacial score (nSPS) is 34.1. The molecular weight excluding hydrogens is 232 g/mol. The molecule has 0 aromatic rings. The highest BCUT2D eigenvalue weighted by atomic mass is 15.2. The Morgan fingerprint density at radius 1 is 0.947 bits per heavy atom. The van der Waals surface area contributed by atoms with E-state index >= 15 is 0 Å². The third-order valence-corrected chi connectivity index (χ3v) is 5.21. The Labute approximate surface area is 120 Å². The van der Waals surface area contributed by atoms with Crippen LogP contribution < -0.4 is 5.32 Å². The van der Waals surface area contributed by atoms with Crippen molar-refractivity contribution in [3.63, 3.8) is 0 Å². The van der Waals surface area contributed by atoms with Crippen molar-refractivity contribution in [2.45, 2.75) is 96.2 Å². The number of nitrogens with one attached hydrogen (secondary N) is 1. The number of hydrogen-bond donors (Lipinski definition) is 1. The van der Waals surface area contributed by atoms with Crippen molar-refractivity contribution in [1.82, 2.24) is 10.2 Å². The van der Waals surface area contributed by atoms with Gasteiger partial charge in [-0.3, -0.25) is 4.90 Å². The maximum absolute atomic E-state index is 3.86. The molecule has 1 N–H and O–H groups in total. The van der Waals surface area contributed by atoms with E-state index in [4.69, 9.17) is 0 Å². The topological polar surface area (TPSA) is 15.3 Å². The molecule has 19 heavy (non-hydrogen) atoms. The van der Waals surface area contributed by atoms with Gasteiger partial charge in [0, 0.05) is 18.1 Å². The van der Waals surface area contributed by atoms with Crippen LogP contribution in [0.5, 0.6) is 0 Å². The fourth-order valence-corrected chi connectivity index (χ4v) is 4.15. The van der Waals surface area contributed by atoms with Crippen LogP contribution >= 0.6 is 0 Å². The van der Waals surface area contributed by atoms with Crippen LogP contribution in [0.2, 0.25) is 0 Å². The molecule has 0 aromatic carbocycles.